The van der Waals surface area contributed by atoms with Crippen molar-refractivity contribution in [3.8, 4) is 0 Å². The van der Waals surface area contributed by atoms with Crippen LogP contribution in [-0.2, 0) is 0 Å². The average Bonchev–Trinajstić information content (AvgIpc) is 2.39. The van der Waals surface area contributed by atoms with Gasteiger partial charge in [-0.15, -0.1) is 0 Å². The highest BCUT2D eigenvalue weighted by molar-refractivity contribution is 5.95. The van der Waals surface area contributed by atoms with Gasteiger partial charge in [-0.1, -0.05) is 0 Å². The molecule has 0 atom stereocenters. The summed E-state index contributed by atoms with van der Waals surface area (Å²) in [7, 11) is 2.57. The zero-order chi connectivity index (χ0) is 12.6. The van der Waals surface area contributed by atoms with E-state index < -0.39 is 0 Å². The molecule has 0 radical (unpaired) electrons. The van der Waals surface area contributed by atoms with Crippen molar-refractivity contribution in [1.29, 1.82) is 0 Å². The minimum atomic E-state index is -0.162. The van der Waals surface area contributed by atoms with Crippen LogP contribution in [0.3, 0.4) is 0 Å². The number of carbonyl (C=O) groups excluding carboxylic acids is 1. The fourth-order valence-corrected chi connectivity index (χ4v) is 1.07. The highest BCUT2D eigenvalue weighted by atomic mass is 16.2. The fraction of sp³-hybridized carbons (Fsp3) is 0.182. The van der Waals surface area contributed by atoms with Gasteiger partial charge in [0.2, 0.25) is 0 Å². The normalized spacial score (nSPS) is 8.44. The van der Waals surface area contributed by atoms with E-state index in [1.807, 2.05) is 0 Å². The number of amides is 1. The van der Waals surface area contributed by atoms with Gasteiger partial charge in [0.1, 0.15) is 0 Å². The number of nitrogens with one attached hydrogen (secondary N) is 1. The second-order valence-electron chi connectivity index (χ2n) is 2.60. The van der Waals surface area contributed by atoms with Gasteiger partial charge >= 0.3 is 0 Å². The summed E-state index contributed by atoms with van der Waals surface area (Å²) in [6, 6.07) is 4.97. The third kappa shape index (κ3) is 3.29. The van der Waals surface area contributed by atoms with Crippen LogP contribution in [0.25, 0.3) is 0 Å². The van der Waals surface area contributed by atoms with E-state index in [1.165, 1.54) is 0 Å². The number of aliphatic hydroxyl groups excluding tert-OH is 1. The summed E-state index contributed by atoms with van der Waals surface area (Å²) in [5.74, 6) is -0.162. The molecule has 0 aromatic heterocycles. The van der Waals surface area contributed by atoms with Crippen molar-refractivity contribution in [2.75, 3.05) is 14.2 Å². The number of nitrogens with zero attached hydrogens (tertiary/aromatic N) is 2. The summed E-state index contributed by atoms with van der Waals surface area (Å²) < 4.78 is 0. The third-order valence-corrected chi connectivity index (χ3v) is 1.81. The number of hydrogen-bond donors (Lipinski definition) is 2. The van der Waals surface area contributed by atoms with Crippen LogP contribution in [0.15, 0.2) is 28.2 Å². The van der Waals surface area contributed by atoms with Crippen LogP contribution in [0.1, 0.15) is 10.4 Å². The van der Waals surface area contributed by atoms with E-state index in [4.69, 9.17) is 5.11 Å². The van der Waals surface area contributed by atoms with Gasteiger partial charge in [0, 0.05) is 19.7 Å². The van der Waals surface area contributed by atoms with Gasteiger partial charge in [-0.3, -0.25) is 14.8 Å². The molecule has 86 valence electrons. The molecule has 0 aliphatic carbocycles. The fourth-order valence-electron chi connectivity index (χ4n) is 1.07. The highest BCUT2D eigenvalue weighted by Crippen LogP contribution is 2.27. The lowest BCUT2D eigenvalue weighted by Crippen LogP contribution is -2.17. The smallest absolute Gasteiger partial charge is 0.251 e. The molecule has 2 N–H and O–H groups in total. The van der Waals surface area contributed by atoms with E-state index in [1.54, 1.807) is 25.2 Å². The maximum absolute atomic E-state index is 11.3. The lowest BCUT2D eigenvalue weighted by Gasteiger charge is -2.03. The Bertz CT molecular complexity index is 389. The van der Waals surface area contributed by atoms with Crippen molar-refractivity contribution in [2.24, 2.45) is 9.98 Å². The second kappa shape index (κ2) is 7.30. The van der Waals surface area contributed by atoms with Crippen molar-refractivity contribution in [1.82, 2.24) is 5.32 Å². The number of aliphatic hydroxyl groups is 1. The van der Waals surface area contributed by atoms with Crippen molar-refractivity contribution in [2.45, 2.75) is 0 Å². The number of aliphatic imine (C=N–C) groups is 2. The van der Waals surface area contributed by atoms with Crippen LogP contribution in [0.5, 0.6) is 0 Å². The molecule has 5 nitrogen and oxygen atoms in total. The molecule has 0 heterocycles. The summed E-state index contributed by atoms with van der Waals surface area (Å²) in [6.07, 6.45) is 0. The molecule has 0 saturated carbocycles. The zero-order valence-corrected chi connectivity index (χ0v) is 9.40. The minimum Gasteiger partial charge on any atom is -0.400 e. The number of rotatable bonds is 3. The lowest BCUT2D eigenvalue weighted by molar-refractivity contribution is 0.0963. The van der Waals surface area contributed by atoms with Crippen LogP contribution in [-0.4, -0.2) is 38.6 Å². The molecule has 0 saturated heterocycles. The summed E-state index contributed by atoms with van der Waals surface area (Å²) in [5, 5.41) is 9.52. The van der Waals surface area contributed by atoms with Crippen molar-refractivity contribution in [3.05, 3.63) is 23.8 Å². The van der Waals surface area contributed by atoms with Gasteiger partial charge < -0.3 is 10.4 Å². The minimum absolute atomic E-state index is 0.162. The predicted octanol–water partition coefficient (Wildman–Crippen LogP) is 1.32. The highest BCUT2D eigenvalue weighted by Gasteiger charge is 2.05. The molecule has 0 spiro atoms. The SMILES string of the molecule is C=Nc1ccc(C(=O)NC)cc1N=C.CO. The van der Waals surface area contributed by atoms with Crippen LogP contribution < -0.4 is 5.32 Å². The lowest BCUT2D eigenvalue weighted by atomic mass is 10.1. The van der Waals surface area contributed by atoms with Crippen molar-refractivity contribution < 1.29 is 9.90 Å². The van der Waals surface area contributed by atoms with Crippen LogP contribution in [0.2, 0.25) is 0 Å². The molecule has 0 bridgehead atoms. The first-order valence-electron chi connectivity index (χ1n) is 4.47. The van der Waals surface area contributed by atoms with Crippen molar-refractivity contribution in [3.63, 3.8) is 0 Å². The molecular formula is C11H15N3O2. The first-order valence-corrected chi connectivity index (χ1v) is 4.47. The maximum Gasteiger partial charge on any atom is 0.251 e. The van der Waals surface area contributed by atoms with E-state index >= 15 is 0 Å². The van der Waals surface area contributed by atoms with E-state index in [-0.39, 0.29) is 5.91 Å². The Morgan fingerprint density at radius 1 is 1.25 bits per heavy atom. The molecule has 0 aliphatic rings. The summed E-state index contributed by atoms with van der Waals surface area (Å²) in [5.41, 5.74) is 1.70. The number of hydrogen-bond acceptors (Lipinski definition) is 4. The molecule has 0 fully saturated rings. The monoisotopic (exact) mass is 221 g/mol. The average molecular weight is 221 g/mol. The first-order chi connectivity index (χ1) is 7.72. The largest absolute Gasteiger partial charge is 0.400 e. The Hall–Kier alpha value is -2.01. The Morgan fingerprint density at radius 2 is 1.81 bits per heavy atom. The molecule has 0 unspecified atom stereocenters. The van der Waals surface area contributed by atoms with Crippen LogP contribution in [0.4, 0.5) is 11.4 Å². The van der Waals surface area contributed by atoms with Crippen LogP contribution in [0, 0.1) is 0 Å². The summed E-state index contributed by atoms with van der Waals surface area (Å²) in [6.45, 7) is 6.79. The molecule has 1 amide bonds. The molecular weight excluding hydrogens is 206 g/mol. The molecule has 0 aliphatic heterocycles. The maximum atomic E-state index is 11.3. The second-order valence-corrected chi connectivity index (χ2v) is 2.60. The molecule has 1 rings (SSSR count). The molecule has 16 heavy (non-hydrogen) atoms. The van der Waals surface area contributed by atoms with Gasteiger partial charge in [-0.2, -0.15) is 0 Å². The quantitative estimate of drug-likeness (QED) is 0.755. The van der Waals surface area contributed by atoms with E-state index in [0.717, 1.165) is 7.11 Å². The van der Waals surface area contributed by atoms with Gasteiger partial charge in [-0.05, 0) is 31.6 Å². The zero-order valence-electron chi connectivity index (χ0n) is 9.40. The van der Waals surface area contributed by atoms with E-state index in [0.29, 0.717) is 16.9 Å². The van der Waals surface area contributed by atoms with Crippen molar-refractivity contribution >= 4 is 30.7 Å². The molecule has 1 aromatic carbocycles. The first kappa shape index (κ1) is 14.0. The Balaban J connectivity index is 0.00000106. The van der Waals surface area contributed by atoms with Gasteiger partial charge in [-0.25, -0.2) is 0 Å². The predicted molar refractivity (Wildman–Crippen MR) is 66.4 cm³/mol. The van der Waals surface area contributed by atoms with E-state index in [2.05, 4.69) is 28.7 Å². The van der Waals surface area contributed by atoms with E-state index in [9.17, 15) is 4.79 Å². The Labute approximate surface area is 94.6 Å². The molecule has 1 aromatic rings. The topological polar surface area (TPSA) is 74.0 Å². The van der Waals surface area contributed by atoms with Gasteiger partial charge in [0.05, 0.1) is 11.4 Å². The summed E-state index contributed by atoms with van der Waals surface area (Å²) >= 11 is 0. The van der Waals surface area contributed by atoms with Gasteiger partial charge in [0.15, 0.2) is 0 Å². The standard InChI is InChI=1S/C10H11N3O.CH4O/c1-11-8-5-4-7(10(14)13-3)6-9(8)12-2;1-2/h4-6H,1-2H2,3H3,(H,13,14);2H,1H3. The van der Waals surface area contributed by atoms with Crippen LogP contribution >= 0.6 is 0 Å². The molecule has 5 heteroatoms. The summed E-state index contributed by atoms with van der Waals surface area (Å²) in [4.78, 5) is 18.8. The Kier molecular flexibility index (Phi) is 6.39. The Morgan fingerprint density at radius 3 is 2.25 bits per heavy atom. The third-order valence-electron chi connectivity index (χ3n) is 1.81. The van der Waals surface area contributed by atoms with Gasteiger partial charge in [0.25, 0.3) is 5.91 Å². The number of carbonyl (C=O) groups is 1. The number of benzene rings is 1.